The number of Topliss-reactive ketones (excluding diaryl/α,β-unsaturated/α-hetero) is 1. The number of nitrogens with zero attached hydrogens (tertiary/aromatic N) is 3. The van der Waals surface area contributed by atoms with Gasteiger partial charge in [-0.1, -0.05) is 45.0 Å². The smallest absolute Gasteiger partial charge is 0.324 e. The number of carbonyl (C=O) groups is 2. The van der Waals surface area contributed by atoms with Gasteiger partial charge in [0.2, 0.25) is 0 Å². The minimum absolute atomic E-state index is 0.0149. The van der Waals surface area contributed by atoms with Crippen molar-refractivity contribution in [2.24, 2.45) is 0 Å². The average Bonchev–Trinajstić information content (AvgIpc) is 3.43. The van der Waals surface area contributed by atoms with Crippen molar-refractivity contribution in [3.63, 3.8) is 0 Å². The number of amides is 2. The van der Waals surface area contributed by atoms with E-state index in [4.69, 9.17) is 19.7 Å². The zero-order valence-corrected chi connectivity index (χ0v) is 24.4. The number of aromatic nitrogens is 3. The summed E-state index contributed by atoms with van der Waals surface area (Å²) in [6.07, 6.45) is 1.57. The number of methoxy groups -OCH3 is 1. The summed E-state index contributed by atoms with van der Waals surface area (Å²) >= 11 is 0. The lowest BCUT2D eigenvalue weighted by atomic mass is 9.92. The van der Waals surface area contributed by atoms with Crippen LogP contribution in [0.1, 0.15) is 32.2 Å². The Morgan fingerprint density at radius 2 is 1.65 bits per heavy atom. The largest absolute Gasteiger partial charge is 0.497 e. The predicted octanol–water partition coefficient (Wildman–Crippen LogP) is 6.27. The number of rotatable bonds is 9. The number of benzene rings is 3. The first-order chi connectivity index (χ1) is 20.6. The highest BCUT2D eigenvalue weighted by atomic mass is 16.5. The highest BCUT2D eigenvalue weighted by molar-refractivity contribution is 6.07. The molecule has 5 aromatic rings. The molecule has 3 aromatic carbocycles. The number of aliphatic hydroxyl groups excluding tert-OH is 1. The second-order valence-electron chi connectivity index (χ2n) is 11.0. The van der Waals surface area contributed by atoms with Gasteiger partial charge in [-0.25, -0.2) is 9.48 Å². The molecule has 5 rings (SSSR count). The molecule has 0 atom stereocenters. The lowest BCUT2D eigenvalue weighted by Crippen LogP contribution is -2.21. The topological polar surface area (TPSA) is 128 Å². The molecule has 0 unspecified atom stereocenters. The molecule has 220 valence electrons. The van der Waals surface area contributed by atoms with Gasteiger partial charge < -0.3 is 19.9 Å². The van der Waals surface area contributed by atoms with Crippen LogP contribution in [0.15, 0.2) is 85.1 Å². The van der Waals surface area contributed by atoms with Crippen LogP contribution in [0.2, 0.25) is 0 Å². The number of urea groups is 1. The quantitative estimate of drug-likeness (QED) is 0.188. The standard InChI is InChI=1S/C33H33N5O5/c1-33(2,3)30-19-31(38(37-30)22-9-11-24(42-4)12-10-22)36-32(41)35-28-13-14-29(27-8-6-5-7-26(27)28)43-25-15-16-34-21(18-25)17-23(40)20-39/h5-16,18-19,39H,17,20H2,1-4H3,(H2,35,36,41). The van der Waals surface area contributed by atoms with Gasteiger partial charge in [0.1, 0.15) is 29.7 Å². The number of aliphatic hydroxyl groups is 1. The van der Waals surface area contributed by atoms with Gasteiger partial charge in [0, 0.05) is 34.5 Å². The third-order valence-electron chi connectivity index (χ3n) is 6.74. The number of ether oxygens (including phenoxy) is 2. The molecule has 10 nitrogen and oxygen atoms in total. The van der Waals surface area contributed by atoms with Crippen LogP contribution in [0.4, 0.5) is 16.3 Å². The van der Waals surface area contributed by atoms with Crippen molar-refractivity contribution in [1.82, 2.24) is 14.8 Å². The maximum absolute atomic E-state index is 13.3. The summed E-state index contributed by atoms with van der Waals surface area (Å²) in [5.74, 6) is 1.98. The summed E-state index contributed by atoms with van der Waals surface area (Å²) in [6.45, 7) is 5.65. The molecule has 2 amide bonds. The van der Waals surface area contributed by atoms with E-state index in [-0.39, 0.29) is 17.6 Å². The summed E-state index contributed by atoms with van der Waals surface area (Å²) in [7, 11) is 1.61. The fraction of sp³-hybridized carbons (Fsp3) is 0.212. The Hall–Kier alpha value is -5.22. The van der Waals surface area contributed by atoms with Gasteiger partial charge in [-0.15, -0.1) is 0 Å². The van der Waals surface area contributed by atoms with E-state index in [0.717, 1.165) is 27.9 Å². The summed E-state index contributed by atoms with van der Waals surface area (Å²) in [4.78, 5) is 29.2. The van der Waals surface area contributed by atoms with Crippen molar-refractivity contribution in [3.8, 4) is 22.9 Å². The monoisotopic (exact) mass is 579 g/mol. The fourth-order valence-electron chi connectivity index (χ4n) is 4.50. The molecule has 2 aromatic heterocycles. The first kappa shape index (κ1) is 29.3. The van der Waals surface area contributed by atoms with Gasteiger partial charge >= 0.3 is 6.03 Å². The zero-order chi connectivity index (χ0) is 30.6. The number of pyridine rings is 1. The zero-order valence-electron chi connectivity index (χ0n) is 24.4. The highest BCUT2D eigenvalue weighted by Crippen LogP contribution is 2.35. The number of anilines is 2. The van der Waals surface area contributed by atoms with Crippen LogP contribution in [-0.4, -0.2) is 45.4 Å². The van der Waals surface area contributed by atoms with Crippen LogP contribution < -0.4 is 20.1 Å². The summed E-state index contributed by atoms with van der Waals surface area (Å²) in [6, 6.07) is 23.4. The molecule has 2 heterocycles. The van der Waals surface area contributed by atoms with Crippen molar-refractivity contribution in [1.29, 1.82) is 0 Å². The van der Waals surface area contributed by atoms with E-state index < -0.39 is 12.6 Å². The van der Waals surface area contributed by atoms with Crippen molar-refractivity contribution in [3.05, 3.63) is 96.4 Å². The minimum atomic E-state index is -0.541. The van der Waals surface area contributed by atoms with Gasteiger partial charge in [-0.2, -0.15) is 5.10 Å². The SMILES string of the molecule is COc1ccc(-n2nc(C(C)(C)C)cc2NC(=O)Nc2ccc(Oc3ccnc(CC(=O)CO)c3)c3ccccc23)cc1. The molecule has 10 heteroatoms. The van der Waals surface area contributed by atoms with Gasteiger partial charge in [0.05, 0.1) is 36.3 Å². The van der Waals surface area contributed by atoms with Crippen LogP contribution in [0.25, 0.3) is 16.5 Å². The Kier molecular flexibility index (Phi) is 8.40. The van der Waals surface area contributed by atoms with Gasteiger partial charge in [-0.3, -0.25) is 15.1 Å². The van der Waals surface area contributed by atoms with Crippen molar-refractivity contribution in [2.45, 2.75) is 32.6 Å². The van der Waals surface area contributed by atoms with Crippen LogP contribution >= 0.6 is 0 Å². The van der Waals surface area contributed by atoms with E-state index in [1.165, 1.54) is 0 Å². The number of hydrogen-bond donors (Lipinski definition) is 3. The molecule has 3 N–H and O–H groups in total. The molecule has 0 aliphatic carbocycles. The predicted molar refractivity (Wildman–Crippen MR) is 166 cm³/mol. The van der Waals surface area contributed by atoms with E-state index in [1.807, 2.05) is 54.6 Å². The highest BCUT2D eigenvalue weighted by Gasteiger charge is 2.22. The summed E-state index contributed by atoms with van der Waals surface area (Å²) in [5, 5.41) is 21.3. The van der Waals surface area contributed by atoms with Crippen LogP contribution in [-0.2, 0) is 16.6 Å². The van der Waals surface area contributed by atoms with Crippen LogP contribution in [0.3, 0.4) is 0 Å². The Morgan fingerprint density at radius 3 is 2.35 bits per heavy atom. The number of nitrogens with one attached hydrogen (secondary N) is 2. The Morgan fingerprint density at radius 1 is 0.907 bits per heavy atom. The van der Waals surface area contributed by atoms with Gasteiger partial charge in [0.15, 0.2) is 5.78 Å². The fourth-order valence-corrected chi connectivity index (χ4v) is 4.50. The number of ketones is 1. The molecule has 0 aliphatic rings. The average molecular weight is 580 g/mol. The number of carbonyl (C=O) groups excluding carboxylic acids is 2. The van der Waals surface area contributed by atoms with Crippen molar-refractivity contribution < 1.29 is 24.2 Å². The van der Waals surface area contributed by atoms with E-state index in [9.17, 15) is 9.59 Å². The number of hydrogen-bond acceptors (Lipinski definition) is 7. The van der Waals surface area contributed by atoms with E-state index in [2.05, 4.69) is 36.4 Å². The number of fused-ring (bicyclic) bond motifs is 1. The third-order valence-corrected chi connectivity index (χ3v) is 6.74. The molecule has 0 aliphatic heterocycles. The van der Waals surface area contributed by atoms with E-state index in [1.54, 1.807) is 42.3 Å². The molecule has 0 bridgehead atoms. The van der Waals surface area contributed by atoms with Crippen molar-refractivity contribution in [2.75, 3.05) is 24.4 Å². The van der Waals surface area contributed by atoms with E-state index in [0.29, 0.717) is 28.7 Å². The molecule has 0 spiro atoms. The van der Waals surface area contributed by atoms with Crippen molar-refractivity contribution >= 4 is 34.1 Å². The van der Waals surface area contributed by atoms with E-state index >= 15 is 0 Å². The lowest BCUT2D eigenvalue weighted by molar-refractivity contribution is -0.121. The van der Waals surface area contributed by atoms with Crippen LogP contribution in [0.5, 0.6) is 17.2 Å². The Balaban J connectivity index is 1.39. The first-order valence-electron chi connectivity index (χ1n) is 13.7. The first-order valence-corrected chi connectivity index (χ1v) is 13.7. The van der Waals surface area contributed by atoms with Gasteiger partial charge in [-0.05, 0) is 42.5 Å². The molecule has 0 saturated carbocycles. The molecular formula is C33H33N5O5. The minimum Gasteiger partial charge on any atom is -0.497 e. The Labute approximate surface area is 249 Å². The molecular weight excluding hydrogens is 546 g/mol. The summed E-state index contributed by atoms with van der Waals surface area (Å²) in [5.41, 5.74) is 2.46. The molecule has 0 saturated heterocycles. The van der Waals surface area contributed by atoms with Crippen LogP contribution in [0, 0.1) is 0 Å². The molecule has 43 heavy (non-hydrogen) atoms. The summed E-state index contributed by atoms with van der Waals surface area (Å²) < 4.78 is 13.1. The Bertz CT molecular complexity index is 1770. The molecule has 0 radical (unpaired) electrons. The second-order valence-corrected chi connectivity index (χ2v) is 11.0. The van der Waals surface area contributed by atoms with Gasteiger partial charge in [0.25, 0.3) is 0 Å². The normalized spacial score (nSPS) is 11.3. The maximum atomic E-state index is 13.3. The molecule has 0 fully saturated rings. The third kappa shape index (κ3) is 6.82. The second kappa shape index (κ2) is 12.3. The lowest BCUT2D eigenvalue weighted by Gasteiger charge is -2.14. The maximum Gasteiger partial charge on any atom is 0.324 e.